The Hall–Kier alpha value is -2.34. The summed E-state index contributed by atoms with van der Waals surface area (Å²) < 4.78 is 7.13. The van der Waals surface area contributed by atoms with Gasteiger partial charge in [-0.25, -0.2) is 9.48 Å². The van der Waals surface area contributed by atoms with Crippen LogP contribution in [0.25, 0.3) is 0 Å². The van der Waals surface area contributed by atoms with Crippen molar-refractivity contribution < 1.29 is 14.6 Å². The number of ether oxygens (including phenoxy) is 1. The van der Waals surface area contributed by atoms with Crippen LogP contribution in [0.4, 0.5) is 0 Å². The van der Waals surface area contributed by atoms with Gasteiger partial charge in [0.1, 0.15) is 0 Å². The summed E-state index contributed by atoms with van der Waals surface area (Å²) in [6.45, 7) is 3.27. The van der Waals surface area contributed by atoms with Gasteiger partial charge in [0, 0.05) is 20.1 Å². The third-order valence-electron chi connectivity index (χ3n) is 3.50. The highest BCUT2D eigenvalue weighted by Crippen LogP contribution is 2.21. The van der Waals surface area contributed by atoms with Gasteiger partial charge in [-0.2, -0.15) is 5.10 Å². The molecule has 6 nitrogen and oxygen atoms in total. The number of nitrogens with one attached hydrogen (secondary N) is 1. The molecule has 118 valence electrons. The smallest absolute Gasteiger partial charge is 0.335 e. The summed E-state index contributed by atoms with van der Waals surface area (Å²) >= 11 is 0. The van der Waals surface area contributed by atoms with E-state index in [9.17, 15) is 4.79 Å². The largest absolute Gasteiger partial charge is 0.481 e. The number of carboxylic acids is 1. The molecule has 0 fully saturated rings. The fraction of sp³-hybridized carbons (Fsp3) is 0.375. The SMILES string of the molecule is CCc1nn(C)c(OC)c1CNCc1cccc(C(=O)O)c1. The molecule has 0 aliphatic carbocycles. The van der Waals surface area contributed by atoms with Crippen molar-refractivity contribution in [1.29, 1.82) is 0 Å². The molecule has 0 saturated carbocycles. The summed E-state index contributed by atoms with van der Waals surface area (Å²) in [6.07, 6.45) is 0.836. The molecule has 1 aromatic heterocycles. The van der Waals surface area contributed by atoms with Crippen LogP contribution in [0.2, 0.25) is 0 Å². The van der Waals surface area contributed by atoms with Crippen molar-refractivity contribution in [3.8, 4) is 5.88 Å². The minimum Gasteiger partial charge on any atom is -0.481 e. The first-order valence-corrected chi connectivity index (χ1v) is 7.18. The van der Waals surface area contributed by atoms with Crippen molar-refractivity contribution in [3.05, 3.63) is 46.6 Å². The summed E-state index contributed by atoms with van der Waals surface area (Å²) in [6, 6.07) is 6.92. The zero-order valence-electron chi connectivity index (χ0n) is 13.1. The van der Waals surface area contributed by atoms with Gasteiger partial charge in [0.2, 0.25) is 5.88 Å². The van der Waals surface area contributed by atoms with Crippen LogP contribution in [0.15, 0.2) is 24.3 Å². The Morgan fingerprint density at radius 2 is 2.18 bits per heavy atom. The van der Waals surface area contributed by atoms with Crippen LogP contribution in [0.1, 0.15) is 34.1 Å². The predicted octanol–water partition coefficient (Wildman–Crippen LogP) is 1.98. The highest BCUT2D eigenvalue weighted by Gasteiger charge is 2.15. The van der Waals surface area contributed by atoms with E-state index in [-0.39, 0.29) is 0 Å². The molecule has 0 atom stereocenters. The van der Waals surface area contributed by atoms with Gasteiger partial charge in [-0.05, 0) is 24.1 Å². The van der Waals surface area contributed by atoms with Gasteiger partial charge in [0.05, 0.1) is 23.9 Å². The highest BCUT2D eigenvalue weighted by atomic mass is 16.5. The van der Waals surface area contributed by atoms with E-state index in [1.807, 2.05) is 13.1 Å². The monoisotopic (exact) mass is 303 g/mol. The first-order valence-electron chi connectivity index (χ1n) is 7.18. The van der Waals surface area contributed by atoms with Gasteiger partial charge in [-0.15, -0.1) is 0 Å². The van der Waals surface area contributed by atoms with Gasteiger partial charge >= 0.3 is 5.97 Å². The summed E-state index contributed by atoms with van der Waals surface area (Å²) in [7, 11) is 3.49. The maximum atomic E-state index is 11.0. The number of methoxy groups -OCH3 is 1. The molecule has 22 heavy (non-hydrogen) atoms. The number of carbonyl (C=O) groups is 1. The van der Waals surface area contributed by atoms with E-state index in [2.05, 4.69) is 17.3 Å². The number of hydrogen-bond acceptors (Lipinski definition) is 4. The molecule has 2 aromatic rings. The van der Waals surface area contributed by atoms with Crippen molar-refractivity contribution in [2.75, 3.05) is 7.11 Å². The molecule has 0 aliphatic rings. The van der Waals surface area contributed by atoms with Gasteiger partial charge < -0.3 is 15.2 Å². The Morgan fingerprint density at radius 3 is 2.82 bits per heavy atom. The predicted molar refractivity (Wildman–Crippen MR) is 83.1 cm³/mol. The Labute approximate surface area is 129 Å². The van der Waals surface area contributed by atoms with E-state index in [0.717, 1.165) is 29.1 Å². The Kier molecular flexibility index (Phi) is 5.16. The summed E-state index contributed by atoms with van der Waals surface area (Å²) in [5.74, 6) is -0.160. The Morgan fingerprint density at radius 1 is 1.41 bits per heavy atom. The number of carboxylic acid groups (broad SMARTS) is 1. The van der Waals surface area contributed by atoms with Crippen molar-refractivity contribution in [1.82, 2.24) is 15.1 Å². The minimum atomic E-state index is -0.913. The second-order valence-electron chi connectivity index (χ2n) is 5.02. The van der Waals surface area contributed by atoms with Crippen molar-refractivity contribution in [3.63, 3.8) is 0 Å². The normalized spacial score (nSPS) is 10.7. The highest BCUT2D eigenvalue weighted by molar-refractivity contribution is 5.87. The standard InChI is InChI=1S/C16H21N3O3/c1-4-14-13(15(22-3)19(2)18-14)10-17-9-11-6-5-7-12(8-11)16(20)21/h5-8,17H,4,9-10H2,1-3H3,(H,20,21). The molecule has 0 unspecified atom stereocenters. The molecule has 0 radical (unpaired) electrons. The lowest BCUT2D eigenvalue weighted by Crippen LogP contribution is -2.14. The number of benzene rings is 1. The lowest BCUT2D eigenvalue weighted by atomic mass is 10.1. The van der Waals surface area contributed by atoms with E-state index in [1.54, 1.807) is 30.0 Å². The fourth-order valence-corrected chi connectivity index (χ4v) is 2.47. The van der Waals surface area contributed by atoms with Crippen LogP contribution < -0.4 is 10.1 Å². The summed E-state index contributed by atoms with van der Waals surface area (Å²) in [5, 5.41) is 16.8. The maximum absolute atomic E-state index is 11.0. The van der Waals surface area contributed by atoms with Crippen LogP contribution in [-0.4, -0.2) is 28.0 Å². The van der Waals surface area contributed by atoms with E-state index >= 15 is 0 Å². The number of aryl methyl sites for hydroxylation is 2. The molecule has 0 bridgehead atoms. The zero-order chi connectivity index (χ0) is 16.1. The molecule has 0 saturated heterocycles. The van der Waals surface area contributed by atoms with E-state index in [0.29, 0.717) is 18.7 Å². The van der Waals surface area contributed by atoms with Crippen molar-refractivity contribution in [2.24, 2.45) is 7.05 Å². The van der Waals surface area contributed by atoms with Gasteiger partial charge in [0.25, 0.3) is 0 Å². The molecule has 1 heterocycles. The molecular formula is C16H21N3O3. The number of rotatable bonds is 7. The summed E-state index contributed by atoms with van der Waals surface area (Å²) in [5.41, 5.74) is 3.28. The van der Waals surface area contributed by atoms with E-state index in [1.165, 1.54) is 0 Å². The Balaban J connectivity index is 2.05. The molecule has 6 heteroatoms. The van der Waals surface area contributed by atoms with E-state index in [4.69, 9.17) is 9.84 Å². The van der Waals surface area contributed by atoms with Gasteiger partial charge in [-0.3, -0.25) is 0 Å². The fourth-order valence-electron chi connectivity index (χ4n) is 2.47. The van der Waals surface area contributed by atoms with Crippen LogP contribution in [0.3, 0.4) is 0 Å². The maximum Gasteiger partial charge on any atom is 0.335 e. The molecule has 1 aromatic carbocycles. The second-order valence-corrected chi connectivity index (χ2v) is 5.02. The number of aromatic nitrogens is 2. The molecule has 2 rings (SSSR count). The molecule has 0 aliphatic heterocycles. The van der Waals surface area contributed by atoms with Crippen LogP contribution >= 0.6 is 0 Å². The lowest BCUT2D eigenvalue weighted by Gasteiger charge is -2.08. The average Bonchev–Trinajstić information content (AvgIpc) is 2.82. The average molecular weight is 303 g/mol. The first-order chi connectivity index (χ1) is 10.6. The quantitative estimate of drug-likeness (QED) is 0.818. The number of aromatic carboxylic acids is 1. The third-order valence-corrected chi connectivity index (χ3v) is 3.50. The molecule has 2 N–H and O–H groups in total. The zero-order valence-corrected chi connectivity index (χ0v) is 13.1. The summed E-state index contributed by atoms with van der Waals surface area (Å²) in [4.78, 5) is 11.0. The van der Waals surface area contributed by atoms with Crippen molar-refractivity contribution >= 4 is 5.97 Å². The third kappa shape index (κ3) is 3.46. The molecule has 0 spiro atoms. The molecule has 0 amide bonds. The van der Waals surface area contributed by atoms with E-state index < -0.39 is 5.97 Å². The van der Waals surface area contributed by atoms with Crippen LogP contribution in [0, 0.1) is 0 Å². The van der Waals surface area contributed by atoms with Gasteiger partial charge in [-0.1, -0.05) is 19.1 Å². The minimum absolute atomic E-state index is 0.299. The first kappa shape index (κ1) is 16.0. The van der Waals surface area contributed by atoms with Crippen LogP contribution in [0.5, 0.6) is 5.88 Å². The number of nitrogens with zero attached hydrogens (tertiary/aromatic N) is 2. The van der Waals surface area contributed by atoms with Crippen LogP contribution in [-0.2, 0) is 26.6 Å². The Bertz CT molecular complexity index is 665. The van der Waals surface area contributed by atoms with Crippen molar-refractivity contribution in [2.45, 2.75) is 26.4 Å². The molecular weight excluding hydrogens is 282 g/mol. The number of hydrogen-bond donors (Lipinski definition) is 2. The lowest BCUT2D eigenvalue weighted by molar-refractivity contribution is 0.0696. The second kappa shape index (κ2) is 7.09. The topological polar surface area (TPSA) is 76.4 Å². The van der Waals surface area contributed by atoms with Gasteiger partial charge in [0.15, 0.2) is 0 Å².